The van der Waals surface area contributed by atoms with E-state index in [1.807, 2.05) is 0 Å². The zero-order chi connectivity index (χ0) is 7.78. The second-order valence-electron chi connectivity index (χ2n) is 1.50. The summed E-state index contributed by atoms with van der Waals surface area (Å²) in [5.41, 5.74) is 0. The molecule has 1 rings (SSSR count). The van der Waals surface area contributed by atoms with Crippen molar-refractivity contribution in [2.24, 2.45) is 0 Å². The molecule has 0 amide bonds. The highest BCUT2D eigenvalue weighted by Gasteiger charge is 2.36. The number of hydrogen-bond acceptors (Lipinski definition) is 3. The topological polar surface area (TPSA) is 30.7 Å². The first-order valence-corrected chi connectivity index (χ1v) is 2.58. The summed E-state index contributed by atoms with van der Waals surface area (Å²) in [5, 5.41) is 5.80. The predicted octanol–water partition coefficient (Wildman–Crippen LogP) is 0.990. The third-order valence-corrected chi connectivity index (χ3v) is 1.08. The van der Waals surface area contributed by atoms with Crippen LogP contribution in [0.15, 0.2) is 6.33 Å². The molecule has 0 aliphatic heterocycles. The number of nitrogens with zero attached hydrogens (tertiary/aromatic N) is 3. The predicted molar refractivity (Wildman–Crippen MR) is 29.4 cm³/mol. The molecule has 0 fully saturated rings. The standard InChI is InChI=1S/C3H2F3N3S/c4-3(5,6)2-8-7-1-9(2)10/h1,10H. The zero-order valence-corrected chi connectivity index (χ0v) is 5.39. The Labute approximate surface area is 59.4 Å². The van der Waals surface area contributed by atoms with Crippen LogP contribution in [0.2, 0.25) is 0 Å². The van der Waals surface area contributed by atoms with Crippen molar-refractivity contribution in [1.29, 1.82) is 0 Å². The third-order valence-electron chi connectivity index (χ3n) is 0.784. The molecule has 0 bridgehead atoms. The Hall–Kier alpha value is -0.720. The summed E-state index contributed by atoms with van der Waals surface area (Å²) in [6, 6.07) is 0. The number of thiol groups is 1. The van der Waals surface area contributed by atoms with E-state index in [4.69, 9.17) is 0 Å². The van der Waals surface area contributed by atoms with Crippen LogP contribution in [-0.2, 0) is 6.18 Å². The summed E-state index contributed by atoms with van der Waals surface area (Å²) in [6.07, 6.45) is -3.61. The Bertz CT molecular complexity index is 229. The monoisotopic (exact) mass is 169 g/mol. The maximum Gasteiger partial charge on any atom is 0.452 e. The molecule has 0 saturated carbocycles. The fourth-order valence-corrected chi connectivity index (χ4v) is 0.616. The maximum absolute atomic E-state index is 11.7. The van der Waals surface area contributed by atoms with Gasteiger partial charge in [-0.1, -0.05) is 12.8 Å². The summed E-state index contributed by atoms with van der Waals surface area (Å²) in [7, 11) is 0. The van der Waals surface area contributed by atoms with Gasteiger partial charge in [0.2, 0.25) is 5.82 Å². The molecular weight excluding hydrogens is 167 g/mol. The second kappa shape index (κ2) is 2.15. The maximum atomic E-state index is 11.7. The van der Waals surface area contributed by atoms with Gasteiger partial charge in [-0.15, -0.1) is 10.2 Å². The van der Waals surface area contributed by atoms with Crippen LogP contribution in [0.4, 0.5) is 13.2 Å². The van der Waals surface area contributed by atoms with Gasteiger partial charge in [-0.25, -0.2) is 0 Å². The Morgan fingerprint density at radius 2 is 2.10 bits per heavy atom. The van der Waals surface area contributed by atoms with Gasteiger partial charge in [0.05, 0.1) is 0 Å². The second-order valence-corrected chi connectivity index (χ2v) is 1.93. The first-order chi connectivity index (χ1) is 4.52. The molecule has 10 heavy (non-hydrogen) atoms. The average molecular weight is 169 g/mol. The summed E-state index contributed by atoms with van der Waals surface area (Å²) >= 11 is 3.41. The van der Waals surface area contributed by atoms with Crippen molar-refractivity contribution < 1.29 is 13.2 Å². The Morgan fingerprint density at radius 3 is 2.30 bits per heavy atom. The molecule has 0 spiro atoms. The van der Waals surface area contributed by atoms with E-state index >= 15 is 0 Å². The minimum absolute atomic E-state index is 0.514. The van der Waals surface area contributed by atoms with Gasteiger partial charge in [-0.05, 0) is 0 Å². The fourth-order valence-electron chi connectivity index (χ4n) is 0.417. The lowest BCUT2D eigenvalue weighted by Crippen LogP contribution is -2.10. The Balaban J connectivity index is 3.05. The van der Waals surface area contributed by atoms with Crippen molar-refractivity contribution in [3.63, 3.8) is 0 Å². The summed E-state index contributed by atoms with van der Waals surface area (Å²) in [4.78, 5) is 0. The van der Waals surface area contributed by atoms with E-state index < -0.39 is 12.0 Å². The van der Waals surface area contributed by atoms with Crippen LogP contribution < -0.4 is 0 Å². The van der Waals surface area contributed by atoms with Gasteiger partial charge in [0.25, 0.3) is 0 Å². The molecule has 0 N–H and O–H groups in total. The van der Waals surface area contributed by atoms with Gasteiger partial charge in [0.1, 0.15) is 6.33 Å². The minimum Gasteiger partial charge on any atom is -0.253 e. The van der Waals surface area contributed by atoms with Crippen LogP contribution in [-0.4, -0.2) is 14.2 Å². The van der Waals surface area contributed by atoms with Crippen LogP contribution in [0, 0.1) is 0 Å². The molecule has 0 aliphatic carbocycles. The third kappa shape index (κ3) is 1.23. The molecule has 7 heteroatoms. The van der Waals surface area contributed by atoms with E-state index in [1.165, 1.54) is 0 Å². The molecule has 0 radical (unpaired) electrons. The fraction of sp³-hybridized carbons (Fsp3) is 0.333. The molecule has 0 aliphatic rings. The summed E-state index contributed by atoms with van der Waals surface area (Å²) in [5.74, 6) is -1.11. The number of alkyl halides is 3. The van der Waals surface area contributed by atoms with E-state index in [-0.39, 0.29) is 0 Å². The highest BCUT2D eigenvalue weighted by molar-refractivity contribution is 7.78. The van der Waals surface area contributed by atoms with E-state index in [9.17, 15) is 13.2 Å². The SMILES string of the molecule is FC(F)(F)c1nncn1S. The van der Waals surface area contributed by atoms with Gasteiger partial charge < -0.3 is 0 Å². The quantitative estimate of drug-likeness (QED) is 0.587. The van der Waals surface area contributed by atoms with Crippen LogP contribution in [0.5, 0.6) is 0 Å². The van der Waals surface area contributed by atoms with Crippen molar-refractivity contribution in [3.8, 4) is 0 Å². The Kier molecular flexibility index (Phi) is 1.59. The van der Waals surface area contributed by atoms with Crippen LogP contribution in [0.25, 0.3) is 0 Å². The largest absolute Gasteiger partial charge is 0.452 e. The summed E-state index contributed by atoms with van der Waals surface area (Å²) in [6.45, 7) is 0. The van der Waals surface area contributed by atoms with Crippen LogP contribution in [0.3, 0.4) is 0 Å². The van der Waals surface area contributed by atoms with Crippen LogP contribution in [0.1, 0.15) is 5.82 Å². The van der Waals surface area contributed by atoms with Gasteiger partial charge in [-0.3, -0.25) is 3.97 Å². The zero-order valence-electron chi connectivity index (χ0n) is 4.50. The lowest BCUT2D eigenvalue weighted by molar-refractivity contribution is -0.145. The summed E-state index contributed by atoms with van der Waals surface area (Å²) < 4.78 is 35.6. The van der Waals surface area contributed by atoms with Gasteiger partial charge in [0.15, 0.2) is 0 Å². The molecule has 0 saturated heterocycles. The number of hydrogen-bond donors (Lipinski definition) is 1. The molecule has 1 aromatic heterocycles. The molecule has 56 valence electrons. The Morgan fingerprint density at radius 1 is 1.50 bits per heavy atom. The minimum atomic E-state index is -4.47. The van der Waals surface area contributed by atoms with Crippen molar-refractivity contribution >= 4 is 12.8 Å². The molecule has 3 nitrogen and oxygen atoms in total. The molecule has 1 heterocycles. The molecule has 0 unspecified atom stereocenters. The van der Waals surface area contributed by atoms with E-state index in [2.05, 4.69) is 23.0 Å². The highest BCUT2D eigenvalue weighted by Crippen LogP contribution is 2.27. The first kappa shape index (κ1) is 7.39. The van der Waals surface area contributed by atoms with Crippen LogP contribution >= 0.6 is 12.8 Å². The van der Waals surface area contributed by atoms with Crippen molar-refractivity contribution in [3.05, 3.63) is 12.2 Å². The van der Waals surface area contributed by atoms with E-state index in [1.54, 1.807) is 0 Å². The normalized spacial score (nSPS) is 12.0. The smallest absolute Gasteiger partial charge is 0.253 e. The molecule has 0 aromatic carbocycles. The van der Waals surface area contributed by atoms with E-state index in [0.717, 1.165) is 6.33 Å². The first-order valence-electron chi connectivity index (χ1n) is 2.18. The molecular formula is C3H2F3N3S. The average Bonchev–Trinajstić information content (AvgIpc) is 2.11. The lowest BCUT2D eigenvalue weighted by Gasteiger charge is -2.01. The van der Waals surface area contributed by atoms with Crippen molar-refractivity contribution in [2.45, 2.75) is 6.18 Å². The van der Waals surface area contributed by atoms with Gasteiger partial charge >= 0.3 is 6.18 Å². The highest BCUT2D eigenvalue weighted by atomic mass is 32.1. The number of rotatable bonds is 0. The number of aromatic nitrogens is 3. The van der Waals surface area contributed by atoms with Gasteiger partial charge in [-0.2, -0.15) is 13.2 Å². The van der Waals surface area contributed by atoms with Crippen molar-refractivity contribution in [1.82, 2.24) is 14.2 Å². The van der Waals surface area contributed by atoms with Gasteiger partial charge in [0, 0.05) is 0 Å². The van der Waals surface area contributed by atoms with E-state index in [0.29, 0.717) is 3.97 Å². The molecule has 0 atom stereocenters. The lowest BCUT2D eigenvalue weighted by atomic mass is 10.6. The number of halogens is 3. The van der Waals surface area contributed by atoms with Crippen molar-refractivity contribution in [2.75, 3.05) is 0 Å². The molecule has 1 aromatic rings.